The summed E-state index contributed by atoms with van der Waals surface area (Å²) in [6.07, 6.45) is 3.01. The first kappa shape index (κ1) is 17.7. The second-order valence-corrected chi connectivity index (χ2v) is 6.93. The van der Waals surface area contributed by atoms with Crippen LogP contribution in [-0.2, 0) is 13.0 Å². The quantitative estimate of drug-likeness (QED) is 0.391. The molecule has 3 nitrogen and oxygen atoms in total. The standard InChI is InChI=1S/C23H21ClN2O/c24-19-9-10-23-22(14-19)18(16-26-23)11-12-25-15-17-5-4-8-21(13-17)27-20-6-2-1-3-7-20/h1-10,13-14,16,25-26H,11-12,15H2. The van der Waals surface area contributed by atoms with E-state index in [4.69, 9.17) is 16.3 Å². The Morgan fingerprint density at radius 2 is 1.74 bits per heavy atom. The Kier molecular flexibility index (Phi) is 5.42. The largest absolute Gasteiger partial charge is 0.457 e. The number of fused-ring (bicyclic) bond motifs is 1. The van der Waals surface area contributed by atoms with E-state index < -0.39 is 0 Å². The molecule has 4 heteroatoms. The fourth-order valence-corrected chi connectivity index (χ4v) is 3.33. The lowest BCUT2D eigenvalue weighted by Crippen LogP contribution is -2.16. The number of para-hydroxylation sites is 1. The topological polar surface area (TPSA) is 37.0 Å². The number of hydrogen-bond donors (Lipinski definition) is 2. The van der Waals surface area contributed by atoms with Gasteiger partial charge in [-0.1, -0.05) is 41.9 Å². The van der Waals surface area contributed by atoms with Crippen molar-refractivity contribution in [1.29, 1.82) is 0 Å². The smallest absolute Gasteiger partial charge is 0.127 e. The van der Waals surface area contributed by atoms with Crippen molar-refractivity contribution >= 4 is 22.5 Å². The highest BCUT2D eigenvalue weighted by atomic mass is 35.5. The average Bonchev–Trinajstić information content (AvgIpc) is 3.08. The van der Waals surface area contributed by atoms with E-state index in [1.54, 1.807) is 0 Å². The molecule has 0 saturated heterocycles. The van der Waals surface area contributed by atoms with Gasteiger partial charge in [-0.15, -0.1) is 0 Å². The van der Waals surface area contributed by atoms with Crippen molar-refractivity contribution in [2.45, 2.75) is 13.0 Å². The minimum atomic E-state index is 0.770. The fourth-order valence-electron chi connectivity index (χ4n) is 3.16. The third kappa shape index (κ3) is 4.51. The van der Waals surface area contributed by atoms with Crippen molar-refractivity contribution in [3.63, 3.8) is 0 Å². The van der Waals surface area contributed by atoms with Gasteiger partial charge in [0.05, 0.1) is 0 Å². The van der Waals surface area contributed by atoms with E-state index in [1.165, 1.54) is 16.5 Å². The highest BCUT2D eigenvalue weighted by molar-refractivity contribution is 6.31. The van der Waals surface area contributed by atoms with Crippen LogP contribution in [0, 0.1) is 0 Å². The molecule has 0 amide bonds. The summed E-state index contributed by atoms with van der Waals surface area (Å²) in [5.74, 6) is 1.70. The Balaban J connectivity index is 1.32. The highest BCUT2D eigenvalue weighted by Crippen LogP contribution is 2.23. The van der Waals surface area contributed by atoms with Gasteiger partial charge in [-0.25, -0.2) is 0 Å². The van der Waals surface area contributed by atoms with Crippen LogP contribution in [0.3, 0.4) is 0 Å². The summed E-state index contributed by atoms with van der Waals surface area (Å²) in [6, 6.07) is 24.0. The number of nitrogens with one attached hydrogen (secondary N) is 2. The Bertz CT molecular complexity index is 1030. The van der Waals surface area contributed by atoms with Crippen LogP contribution in [0.4, 0.5) is 0 Å². The number of benzene rings is 3. The van der Waals surface area contributed by atoms with Crippen LogP contribution in [0.1, 0.15) is 11.1 Å². The highest BCUT2D eigenvalue weighted by Gasteiger charge is 2.04. The minimum absolute atomic E-state index is 0.770. The first-order valence-electron chi connectivity index (χ1n) is 9.06. The van der Waals surface area contributed by atoms with Crippen LogP contribution in [0.5, 0.6) is 11.5 Å². The summed E-state index contributed by atoms with van der Waals surface area (Å²) in [5.41, 5.74) is 3.60. The number of rotatable bonds is 7. The van der Waals surface area contributed by atoms with Crippen LogP contribution < -0.4 is 10.1 Å². The normalized spacial score (nSPS) is 11.0. The molecule has 0 saturated carbocycles. The maximum Gasteiger partial charge on any atom is 0.127 e. The van der Waals surface area contributed by atoms with Crippen LogP contribution in [0.25, 0.3) is 10.9 Å². The van der Waals surface area contributed by atoms with Gasteiger partial charge in [0.15, 0.2) is 0 Å². The minimum Gasteiger partial charge on any atom is -0.457 e. The van der Waals surface area contributed by atoms with Gasteiger partial charge in [-0.05, 0) is 66.6 Å². The third-order valence-electron chi connectivity index (χ3n) is 4.51. The Morgan fingerprint density at radius 3 is 2.63 bits per heavy atom. The summed E-state index contributed by atoms with van der Waals surface area (Å²) < 4.78 is 5.90. The van der Waals surface area contributed by atoms with Gasteiger partial charge >= 0.3 is 0 Å². The molecule has 0 bridgehead atoms. The molecule has 136 valence electrons. The molecule has 27 heavy (non-hydrogen) atoms. The molecule has 0 fully saturated rings. The van der Waals surface area contributed by atoms with Crippen molar-refractivity contribution in [1.82, 2.24) is 10.3 Å². The molecule has 3 aromatic carbocycles. The molecule has 0 aliphatic carbocycles. The van der Waals surface area contributed by atoms with Gasteiger partial charge in [0.1, 0.15) is 11.5 Å². The molecule has 0 aliphatic rings. The maximum absolute atomic E-state index is 6.12. The van der Waals surface area contributed by atoms with Gasteiger partial charge in [0, 0.05) is 28.7 Å². The first-order valence-corrected chi connectivity index (χ1v) is 9.44. The lowest BCUT2D eigenvalue weighted by atomic mass is 10.1. The van der Waals surface area contributed by atoms with Crippen molar-refractivity contribution in [2.75, 3.05) is 6.54 Å². The maximum atomic E-state index is 6.12. The predicted molar refractivity (Wildman–Crippen MR) is 112 cm³/mol. The molecule has 1 aromatic heterocycles. The Labute approximate surface area is 163 Å². The Hall–Kier alpha value is -2.75. The second-order valence-electron chi connectivity index (χ2n) is 6.49. The van der Waals surface area contributed by atoms with Crippen molar-refractivity contribution in [2.24, 2.45) is 0 Å². The van der Waals surface area contributed by atoms with E-state index in [0.717, 1.165) is 41.5 Å². The summed E-state index contributed by atoms with van der Waals surface area (Å²) in [4.78, 5) is 3.30. The number of halogens is 1. The molecular formula is C23H21ClN2O. The van der Waals surface area contributed by atoms with Gasteiger partial charge in [0.2, 0.25) is 0 Å². The number of hydrogen-bond acceptors (Lipinski definition) is 2. The summed E-state index contributed by atoms with van der Waals surface area (Å²) in [7, 11) is 0. The lowest BCUT2D eigenvalue weighted by Gasteiger charge is -2.09. The average molecular weight is 377 g/mol. The molecule has 0 unspecified atom stereocenters. The number of H-pyrrole nitrogens is 1. The second kappa shape index (κ2) is 8.30. The van der Waals surface area contributed by atoms with Gasteiger partial charge in [0.25, 0.3) is 0 Å². The van der Waals surface area contributed by atoms with Crippen molar-refractivity contribution in [3.8, 4) is 11.5 Å². The summed E-state index contributed by atoms with van der Waals surface area (Å²) >= 11 is 6.12. The zero-order chi connectivity index (χ0) is 18.5. The van der Waals surface area contributed by atoms with E-state index in [1.807, 2.05) is 60.7 Å². The lowest BCUT2D eigenvalue weighted by molar-refractivity contribution is 0.481. The monoisotopic (exact) mass is 376 g/mol. The molecule has 0 atom stereocenters. The van der Waals surface area contributed by atoms with Crippen molar-refractivity contribution < 1.29 is 4.74 Å². The molecule has 1 heterocycles. The molecular weight excluding hydrogens is 356 g/mol. The summed E-state index contributed by atoms with van der Waals surface area (Å²) in [6.45, 7) is 1.69. The summed E-state index contributed by atoms with van der Waals surface area (Å²) in [5, 5.41) is 5.47. The number of aromatic amines is 1. The van der Waals surface area contributed by atoms with Crippen molar-refractivity contribution in [3.05, 3.63) is 95.1 Å². The fraction of sp³-hybridized carbons (Fsp3) is 0.130. The zero-order valence-corrected chi connectivity index (χ0v) is 15.7. The van der Waals surface area contributed by atoms with Gasteiger partial charge in [-0.2, -0.15) is 0 Å². The molecule has 0 radical (unpaired) electrons. The predicted octanol–water partition coefficient (Wildman–Crippen LogP) is 5.95. The van der Waals surface area contributed by atoms with Crippen LogP contribution >= 0.6 is 11.6 Å². The zero-order valence-electron chi connectivity index (χ0n) is 14.9. The van der Waals surface area contributed by atoms with Gasteiger partial charge < -0.3 is 15.0 Å². The van der Waals surface area contributed by atoms with E-state index >= 15 is 0 Å². The van der Waals surface area contributed by atoms with E-state index in [0.29, 0.717) is 0 Å². The first-order chi connectivity index (χ1) is 13.3. The Morgan fingerprint density at radius 1 is 0.889 bits per heavy atom. The molecule has 4 rings (SSSR count). The molecule has 0 spiro atoms. The van der Waals surface area contributed by atoms with E-state index in [9.17, 15) is 0 Å². The van der Waals surface area contributed by atoms with E-state index in [2.05, 4.69) is 28.6 Å². The SMILES string of the molecule is Clc1ccc2[nH]cc(CCNCc3cccc(Oc4ccccc4)c3)c2c1. The van der Waals surface area contributed by atoms with Crippen LogP contribution in [-0.4, -0.2) is 11.5 Å². The molecule has 4 aromatic rings. The van der Waals surface area contributed by atoms with E-state index in [-0.39, 0.29) is 0 Å². The molecule has 0 aliphatic heterocycles. The number of aromatic nitrogens is 1. The third-order valence-corrected chi connectivity index (χ3v) is 4.74. The van der Waals surface area contributed by atoms with Crippen LogP contribution in [0.15, 0.2) is 79.0 Å². The van der Waals surface area contributed by atoms with Crippen LogP contribution in [0.2, 0.25) is 5.02 Å². The molecule has 2 N–H and O–H groups in total. The van der Waals surface area contributed by atoms with Gasteiger partial charge in [-0.3, -0.25) is 0 Å². The number of ether oxygens (including phenoxy) is 1.